The van der Waals surface area contributed by atoms with Crippen LogP contribution in [0.4, 0.5) is 8.78 Å². The second-order valence-corrected chi connectivity index (χ2v) is 2.67. The first-order chi connectivity index (χ1) is 6.57. The minimum absolute atomic E-state index is 0.0406. The second-order valence-electron chi connectivity index (χ2n) is 2.67. The maximum absolute atomic E-state index is 11.6. The number of nitrogens with two attached hydrogens (primary N) is 1. The minimum Gasteiger partial charge on any atom is -0.409 e. The highest BCUT2D eigenvalue weighted by Crippen LogP contribution is 1.91. The van der Waals surface area contributed by atoms with Crippen molar-refractivity contribution in [2.24, 2.45) is 10.9 Å². The Bertz CT molecular complexity index is 178. The second kappa shape index (κ2) is 7.45. The van der Waals surface area contributed by atoms with E-state index in [2.05, 4.69) is 15.2 Å². The molecule has 5 nitrogen and oxygen atoms in total. The Balaban J connectivity index is 3.36. The molecule has 0 aliphatic rings. The zero-order chi connectivity index (χ0) is 11.0. The summed E-state index contributed by atoms with van der Waals surface area (Å²) in [6.07, 6.45) is -2.45. The molecule has 0 aliphatic carbocycles. The average molecular weight is 211 g/mol. The lowest BCUT2D eigenvalue weighted by Crippen LogP contribution is -2.40. The normalized spacial score (nSPS) is 14.7. The van der Waals surface area contributed by atoms with E-state index in [0.29, 0.717) is 6.54 Å². The van der Waals surface area contributed by atoms with Crippen molar-refractivity contribution in [1.29, 1.82) is 0 Å². The van der Waals surface area contributed by atoms with E-state index in [1.807, 2.05) is 0 Å². The van der Waals surface area contributed by atoms with Crippen molar-refractivity contribution in [2.75, 3.05) is 19.8 Å². The number of amidine groups is 1. The molecule has 0 radical (unpaired) electrons. The topological polar surface area (TPSA) is 79.9 Å². The van der Waals surface area contributed by atoms with Gasteiger partial charge in [0, 0.05) is 6.54 Å². The van der Waals surface area contributed by atoms with Gasteiger partial charge < -0.3 is 21.0 Å². The lowest BCUT2D eigenvalue weighted by Gasteiger charge is -2.11. The molecule has 0 rings (SSSR count). The summed E-state index contributed by atoms with van der Waals surface area (Å²) in [6, 6.07) is -0.310. The van der Waals surface area contributed by atoms with E-state index in [1.165, 1.54) is 0 Å². The molecule has 0 saturated heterocycles. The van der Waals surface area contributed by atoms with Crippen LogP contribution in [0.25, 0.3) is 0 Å². The molecule has 4 N–H and O–H groups in total. The summed E-state index contributed by atoms with van der Waals surface area (Å²) in [4.78, 5) is 0. The Kier molecular flexibility index (Phi) is 6.95. The Labute approximate surface area is 80.9 Å². The predicted octanol–water partition coefficient (Wildman–Crippen LogP) is -0.00740. The number of hydrogen-bond donors (Lipinski definition) is 3. The number of hydrogen-bond acceptors (Lipinski definition) is 4. The van der Waals surface area contributed by atoms with Gasteiger partial charge in [0.15, 0.2) is 5.84 Å². The number of alkyl halides is 2. The smallest absolute Gasteiger partial charge is 0.261 e. The van der Waals surface area contributed by atoms with Crippen LogP contribution in [0.1, 0.15) is 6.92 Å². The van der Waals surface area contributed by atoms with E-state index >= 15 is 0 Å². The lowest BCUT2D eigenvalue weighted by molar-refractivity contribution is 0.0186. The molecule has 0 saturated carbocycles. The van der Waals surface area contributed by atoms with Gasteiger partial charge in [-0.15, -0.1) is 0 Å². The molecule has 0 amide bonds. The summed E-state index contributed by atoms with van der Waals surface area (Å²) in [5, 5.41) is 13.9. The van der Waals surface area contributed by atoms with Gasteiger partial charge in [0.05, 0.1) is 12.6 Å². The van der Waals surface area contributed by atoms with Gasteiger partial charge in [-0.3, -0.25) is 0 Å². The molecule has 0 heterocycles. The number of oxime groups is 1. The van der Waals surface area contributed by atoms with Crippen LogP contribution in [0, 0.1) is 0 Å². The highest BCUT2D eigenvalue weighted by Gasteiger charge is 2.06. The largest absolute Gasteiger partial charge is 0.409 e. The third-order valence-electron chi connectivity index (χ3n) is 1.50. The fraction of sp³-hybridized carbons (Fsp3) is 0.857. The van der Waals surface area contributed by atoms with Crippen molar-refractivity contribution in [3.63, 3.8) is 0 Å². The highest BCUT2D eigenvalue weighted by molar-refractivity contribution is 5.84. The summed E-state index contributed by atoms with van der Waals surface area (Å²) >= 11 is 0. The van der Waals surface area contributed by atoms with E-state index < -0.39 is 13.0 Å². The van der Waals surface area contributed by atoms with Crippen LogP contribution in [0.3, 0.4) is 0 Å². The van der Waals surface area contributed by atoms with Crippen molar-refractivity contribution in [3.8, 4) is 0 Å². The monoisotopic (exact) mass is 211 g/mol. The van der Waals surface area contributed by atoms with Crippen molar-refractivity contribution >= 4 is 5.84 Å². The first kappa shape index (κ1) is 13.1. The zero-order valence-electron chi connectivity index (χ0n) is 7.91. The molecule has 1 atom stereocenters. The Hall–Kier alpha value is -0.950. The summed E-state index contributed by atoms with van der Waals surface area (Å²) in [7, 11) is 0. The molecule has 0 aromatic carbocycles. The van der Waals surface area contributed by atoms with E-state index in [9.17, 15) is 8.78 Å². The van der Waals surface area contributed by atoms with E-state index in [1.54, 1.807) is 6.92 Å². The fourth-order valence-corrected chi connectivity index (χ4v) is 0.711. The van der Waals surface area contributed by atoms with Crippen LogP contribution in [-0.2, 0) is 4.74 Å². The molecule has 84 valence electrons. The number of halogens is 2. The van der Waals surface area contributed by atoms with Gasteiger partial charge in [0.2, 0.25) is 0 Å². The molecule has 0 aliphatic heterocycles. The number of nitrogens with one attached hydrogen (secondary N) is 1. The van der Waals surface area contributed by atoms with Crippen LogP contribution in [0.2, 0.25) is 0 Å². The zero-order valence-corrected chi connectivity index (χ0v) is 7.91. The number of ether oxygens (including phenoxy) is 1. The number of rotatable bonds is 7. The number of nitrogens with zero attached hydrogens (tertiary/aromatic N) is 1. The van der Waals surface area contributed by atoms with Crippen molar-refractivity contribution in [3.05, 3.63) is 0 Å². The van der Waals surface area contributed by atoms with Gasteiger partial charge in [-0.2, -0.15) is 0 Å². The first-order valence-corrected chi connectivity index (χ1v) is 4.14. The quantitative estimate of drug-likeness (QED) is 0.182. The first-order valence-electron chi connectivity index (χ1n) is 4.14. The molecule has 14 heavy (non-hydrogen) atoms. The summed E-state index contributed by atoms with van der Waals surface area (Å²) in [5.41, 5.74) is 5.26. The van der Waals surface area contributed by atoms with Crippen LogP contribution in [-0.4, -0.2) is 43.3 Å². The maximum Gasteiger partial charge on any atom is 0.261 e. The molecular formula is C7H15F2N3O2. The van der Waals surface area contributed by atoms with Crippen LogP contribution < -0.4 is 11.1 Å². The lowest BCUT2D eigenvalue weighted by atomic mass is 10.3. The molecule has 0 fully saturated rings. The summed E-state index contributed by atoms with van der Waals surface area (Å²) < 4.78 is 27.8. The molecule has 0 aromatic rings. The van der Waals surface area contributed by atoms with Gasteiger partial charge in [0.1, 0.15) is 6.61 Å². The van der Waals surface area contributed by atoms with Crippen molar-refractivity contribution < 1.29 is 18.7 Å². The average Bonchev–Trinajstić information content (AvgIpc) is 2.15. The molecule has 7 heteroatoms. The van der Waals surface area contributed by atoms with Crippen LogP contribution >= 0.6 is 0 Å². The Morgan fingerprint density at radius 1 is 1.64 bits per heavy atom. The summed E-state index contributed by atoms with van der Waals surface area (Å²) in [5.74, 6) is 0.0406. The maximum atomic E-state index is 11.6. The SMILES string of the molecule is CC(NCCOCC(F)F)C(N)=NO. The third kappa shape index (κ3) is 6.55. The summed E-state index contributed by atoms with van der Waals surface area (Å²) in [6.45, 7) is 1.64. The van der Waals surface area contributed by atoms with Crippen molar-refractivity contribution in [2.45, 2.75) is 19.4 Å². The van der Waals surface area contributed by atoms with E-state index in [-0.39, 0.29) is 18.5 Å². The van der Waals surface area contributed by atoms with Crippen LogP contribution in [0.5, 0.6) is 0 Å². The fourth-order valence-electron chi connectivity index (χ4n) is 0.711. The molecule has 0 bridgehead atoms. The Morgan fingerprint density at radius 2 is 2.29 bits per heavy atom. The van der Waals surface area contributed by atoms with E-state index in [4.69, 9.17) is 10.9 Å². The molecular weight excluding hydrogens is 196 g/mol. The van der Waals surface area contributed by atoms with Gasteiger partial charge in [-0.05, 0) is 6.92 Å². The van der Waals surface area contributed by atoms with Crippen LogP contribution in [0.15, 0.2) is 5.16 Å². The standard InChI is InChI=1S/C7H15F2N3O2/c1-5(7(10)12-13)11-2-3-14-4-6(8)9/h5-6,11,13H,2-4H2,1H3,(H2,10,12). The molecule has 0 aromatic heterocycles. The van der Waals surface area contributed by atoms with Gasteiger partial charge in [-0.1, -0.05) is 5.16 Å². The Morgan fingerprint density at radius 3 is 2.79 bits per heavy atom. The third-order valence-corrected chi connectivity index (χ3v) is 1.50. The highest BCUT2D eigenvalue weighted by atomic mass is 19.3. The van der Waals surface area contributed by atoms with E-state index in [0.717, 1.165) is 0 Å². The molecule has 1 unspecified atom stereocenters. The van der Waals surface area contributed by atoms with Gasteiger partial charge in [-0.25, -0.2) is 8.78 Å². The predicted molar refractivity (Wildman–Crippen MR) is 47.7 cm³/mol. The minimum atomic E-state index is -2.45. The van der Waals surface area contributed by atoms with Crippen molar-refractivity contribution in [1.82, 2.24) is 5.32 Å². The van der Waals surface area contributed by atoms with Gasteiger partial charge >= 0.3 is 0 Å². The van der Waals surface area contributed by atoms with Gasteiger partial charge in [0.25, 0.3) is 6.43 Å². The molecule has 0 spiro atoms.